The maximum Gasteiger partial charge on any atom is 0.294 e. The van der Waals surface area contributed by atoms with Crippen molar-refractivity contribution in [2.75, 3.05) is 4.90 Å². The van der Waals surface area contributed by atoms with E-state index in [1.807, 2.05) is 24.3 Å². The predicted octanol–water partition coefficient (Wildman–Crippen LogP) is 4.15. The maximum atomic E-state index is 12.6. The fourth-order valence-electron chi connectivity index (χ4n) is 3.78. The minimum absolute atomic E-state index is 0.217. The lowest BCUT2D eigenvalue weighted by atomic mass is 9.80. The molecule has 0 spiro atoms. The number of aliphatic hydroxyl groups excluding tert-OH is 1. The fraction of sp³-hybridized carbons (Fsp3) is 0.444. The van der Waals surface area contributed by atoms with Crippen LogP contribution < -0.4 is 4.90 Å². The topological polar surface area (TPSA) is 57.6 Å². The monoisotopic (exact) mass is 377 g/mol. The highest BCUT2D eigenvalue weighted by molar-refractivity contribution is 9.10. The molecule has 1 atom stereocenters. The van der Waals surface area contributed by atoms with Gasteiger partial charge in [0, 0.05) is 10.2 Å². The average molecular weight is 378 g/mol. The highest BCUT2D eigenvalue weighted by atomic mass is 79.9. The number of carbonyl (C=O) groups is 2. The summed E-state index contributed by atoms with van der Waals surface area (Å²) in [6, 6.07) is 7.07. The van der Waals surface area contributed by atoms with Crippen LogP contribution in [0.3, 0.4) is 0 Å². The minimum atomic E-state index is -0.465. The van der Waals surface area contributed by atoms with Gasteiger partial charge in [-0.15, -0.1) is 0 Å². The molecule has 1 aliphatic heterocycles. The molecule has 3 rings (SSSR count). The Morgan fingerprint density at radius 2 is 1.78 bits per heavy atom. The van der Waals surface area contributed by atoms with E-state index in [0.29, 0.717) is 0 Å². The number of anilines is 1. The van der Waals surface area contributed by atoms with Crippen LogP contribution in [-0.2, 0) is 9.59 Å². The number of Topliss-reactive ketones (excluding diaryl/α,β-unsaturated/α-hetero) is 1. The van der Waals surface area contributed by atoms with E-state index in [-0.39, 0.29) is 29.1 Å². The van der Waals surface area contributed by atoms with E-state index >= 15 is 0 Å². The number of rotatable bonds is 3. The Labute approximate surface area is 144 Å². The van der Waals surface area contributed by atoms with Crippen LogP contribution in [0.4, 0.5) is 5.69 Å². The number of halogens is 1. The molecule has 1 heterocycles. The van der Waals surface area contributed by atoms with Crippen LogP contribution in [0.2, 0.25) is 0 Å². The average Bonchev–Trinajstić information content (AvgIpc) is 2.81. The van der Waals surface area contributed by atoms with Crippen molar-refractivity contribution in [2.45, 2.75) is 45.1 Å². The molecule has 5 heteroatoms. The van der Waals surface area contributed by atoms with Crippen LogP contribution in [0.1, 0.15) is 39.0 Å². The summed E-state index contributed by atoms with van der Waals surface area (Å²) in [4.78, 5) is 26.3. The van der Waals surface area contributed by atoms with Gasteiger partial charge in [0.2, 0.25) is 0 Å². The molecule has 0 radical (unpaired) electrons. The van der Waals surface area contributed by atoms with Gasteiger partial charge in [0.15, 0.2) is 11.5 Å². The summed E-state index contributed by atoms with van der Waals surface area (Å²) < 4.78 is 0.922. The fourth-order valence-corrected chi connectivity index (χ4v) is 4.04. The number of ketones is 1. The van der Waals surface area contributed by atoms with E-state index in [2.05, 4.69) is 15.9 Å². The Hall–Kier alpha value is -1.62. The van der Waals surface area contributed by atoms with Crippen molar-refractivity contribution in [1.82, 2.24) is 0 Å². The zero-order valence-corrected chi connectivity index (χ0v) is 14.7. The summed E-state index contributed by atoms with van der Waals surface area (Å²) in [5.41, 5.74) is 1.00. The molecule has 0 saturated heterocycles. The van der Waals surface area contributed by atoms with Gasteiger partial charge in [-0.1, -0.05) is 35.2 Å². The van der Waals surface area contributed by atoms with Gasteiger partial charge in [-0.25, -0.2) is 0 Å². The quantitative estimate of drug-likeness (QED) is 0.860. The Kier molecular flexibility index (Phi) is 4.57. The number of aliphatic hydroxyl groups is 1. The van der Waals surface area contributed by atoms with E-state index in [1.54, 1.807) is 4.90 Å². The van der Waals surface area contributed by atoms with Gasteiger partial charge in [-0.2, -0.15) is 0 Å². The summed E-state index contributed by atoms with van der Waals surface area (Å²) in [7, 11) is 0. The predicted molar refractivity (Wildman–Crippen MR) is 92.3 cm³/mol. The largest absolute Gasteiger partial charge is 0.503 e. The summed E-state index contributed by atoms with van der Waals surface area (Å²) in [5, 5.41) is 10.3. The van der Waals surface area contributed by atoms with Crippen molar-refractivity contribution in [2.24, 2.45) is 5.92 Å². The molecular weight excluding hydrogens is 358 g/mol. The number of hydrogen-bond acceptors (Lipinski definition) is 3. The van der Waals surface area contributed by atoms with Gasteiger partial charge in [0.05, 0.1) is 11.6 Å². The molecule has 1 saturated carbocycles. The molecule has 1 fully saturated rings. The van der Waals surface area contributed by atoms with Gasteiger partial charge in [0.25, 0.3) is 5.91 Å². The number of amides is 1. The number of nitrogens with zero attached hydrogens (tertiary/aromatic N) is 1. The molecule has 1 aromatic carbocycles. The lowest BCUT2D eigenvalue weighted by Crippen LogP contribution is -2.42. The third-order valence-electron chi connectivity index (χ3n) is 4.83. The molecule has 2 aliphatic rings. The van der Waals surface area contributed by atoms with E-state index in [1.165, 1.54) is 13.3 Å². The molecule has 0 bridgehead atoms. The minimum Gasteiger partial charge on any atom is -0.503 e. The second-order valence-electron chi connectivity index (χ2n) is 6.31. The molecule has 0 unspecified atom stereocenters. The third kappa shape index (κ3) is 2.94. The van der Waals surface area contributed by atoms with Crippen LogP contribution in [0.15, 0.2) is 40.1 Å². The molecule has 1 aromatic rings. The number of carbonyl (C=O) groups excluding carboxylic acids is 2. The molecular formula is C18H20BrNO3. The van der Waals surface area contributed by atoms with Gasteiger partial charge in [-0.3, -0.25) is 14.5 Å². The van der Waals surface area contributed by atoms with Crippen molar-refractivity contribution in [3.05, 3.63) is 40.1 Å². The molecule has 0 aromatic heterocycles. The van der Waals surface area contributed by atoms with Crippen molar-refractivity contribution in [3.63, 3.8) is 0 Å². The van der Waals surface area contributed by atoms with E-state index in [9.17, 15) is 14.7 Å². The summed E-state index contributed by atoms with van der Waals surface area (Å²) >= 11 is 3.39. The lowest BCUT2D eigenvalue weighted by Gasteiger charge is -2.35. The molecule has 23 heavy (non-hydrogen) atoms. The molecule has 1 N–H and O–H groups in total. The highest BCUT2D eigenvalue weighted by Crippen LogP contribution is 2.40. The molecule has 1 aliphatic carbocycles. The van der Waals surface area contributed by atoms with E-state index in [0.717, 1.165) is 35.8 Å². The summed E-state index contributed by atoms with van der Waals surface area (Å²) in [5.74, 6) is -0.838. The Balaban J connectivity index is 2.04. The zero-order valence-electron chi connectivity index (χ0n) is 13.1. The zero-order chi connectivity index (χ0) is 16.6. The Morgan fingerprint density at radius 1 is 1.17 bits per heavy atom. The van der Waals surface area contributed by atoms with E-state index < -0.39 is 5.91 Å². The van der Waals surface area contributed by atoms with Crippen LogP contribution in [-0.4, -0.2) is 22.8 Å². The third-order valence-corrected chi connectivity index (χ3v) is 5.36. The first-order valence-electron chi connectivity index (χ1n) is 8.04. The summed E-state index contributed by atoms with van der Waals surface area (Å²) in [6.07, 6.45) is 5.37. The smallest absolute Gasteiger partial charge is 0.294 e. The van der Waals surface area contributed by atoms with Gasteiger partial charge < -0.3 is 5.11 Å². The number of benzene rings is 1. The highest BCUT2D eigenvalue weighted by Gasteiger charge is 2.46. The second-order valence-corrected chi connectivity index (χ2v) is 7.23. The van der Waals surface area contributed by atoms with Crippen LogP contribution in [0.5, 0.6) is 0 Å². The Morgan fingerprint density at radius 3 is 2.35 bits per heavy atom. The first-order chi connectivity index (χ1) is 11.0. The van der Waals surface area contributed by atoms with Gasteiger partial charge in [0.1, 0.15) is 0 Å². The number of hydrogen-bond donors (Lipinski definition) is 1. The standard InChI is InChI=1S/C18H20BrNO3/c1-11(21)15-16(12-5-3-2-4-6-12)20(18(23)17(15)22)14-9-7-13(19)8-10-14/h7-10,12,16,22H,2-6H2,1H3/t16-/m0/s1. The first kappa shape index (κ1) is 16.2. The van der Waals surface area contributed by atoms with Gasteiger partial charge >= 0.3 is 0 Å². The molecule has 122 valence electrons. The van der Waals surface area contributed by atoms with Gasteiger partial charge in [-0.05, 0) is 49.9 Å². The summed E-state index contributed by atoms with van der Waals surface area (Å²) in [6.45, 7) is 1.43. The van der Waals surface area contributed by atoms with Crippen molar-refractivity contribution in [1.29, 1.82) is 0 Å². The lowest BCUT2D eigenvalue weighted by molar-refractivity contribution is -0.117. The molecule has 1 amide bonds. The first-order valence-corrected chi connectivity index (χ1v) is 8.83. The van der Waals surface area contributed by atoms with E-state index in [4.69, 9.17) is 0 Å². The normalized spacial score (nSPS) is 22.8. The Bertz CT molecular complexity index is 659. The molecule has 4 nitrogen and oxygen atoms in total. The van der Waals surface area contributed by atoms with Crippen LogP contribution in [0.25, 0.3) is 0 Å². The van der Waals surface area contributed by atoms with Crippen LogP contribution in [0, 0.1) is 5.92 Å². The second kappa shape index (κ2) is 6.48. The SMILES string of the molecule is CC(=O)C1=C(O)C(=O)N(c2ccc(Br)cc2)[C@H]1C1CCCCC1. The maximum absolute atomic E-state index is 12.6. The van der Waals surface area contributed by atoms with Crippen molar-refractivity contribution >= 4 is 33.3 Å². The van der Waals surface area contributed by atoms with Crippen molar-refractivity contribution < 1.29 is 14.7 Å². The van der Waals surface area contributed by atoms with Crippen LogP contribution >= 0.6 is 15.9 Å². The van der Waals surface area contributed by atoms with Crippen molar-refractivity contribution in [3.8, 4) is 0 Å².